The number of amides is 3. The number of hydrogen-bond donors (Lipinski definition) is 2. The van der Waals surface area contributed by atoms with Gasteiger partial charge in [0.05, 0.1) is 5.75 Å². The predicted octanol–water partition coefficient (Wildman–Crippen LogP) is -1.76. The van der Waals surface area contributed by atoms with E-state index in [0.29, 0.717) is 0 Å². The molecule has 1 heterocycles. The summed E-state index contributed by atoms with van der Waals surface area (Å²) >= 11 is 0. The van der Waals surface area contributed by atoms with Gasteiger partial charge in [-0.25, -0.2) is 13.2 Å². The normalized spacial score (nSPS) is 23.6. The summed E-state index contributed by atoms with van der Waals surface area (Å²) in [6, 6.07) is -1.58. The summed E-state index contributed by atoms with van der Waals surface area (Å²) in [6.45, 7) is 0. The van der Waals surface area contributed by atoms with Crippen molar-refractivity contribution in [3.63, 3.8) is 0 Å². The van der Waals surface area contributed by atoms with E-state index in [1.54, 1.807) is 0 Å². The zero-order valence-electron chi connectivity index (χ0n) is 6.33. The Morgan fingerprint density at radius 1 is 1.42 bits per heavy atom. The van der Waals surface area contributed by atoms with Gasteiger partial charge in [-0.3, -0.25) is 10.1 Å². The molecule has 1 saturated heterocycles. The van der Waals surface area contributed by atoms with Gasteiger partial charge in [0.25, 0.3) is 5.91 Å². The maximum Gasteiger partial charge on any atom is 0.322 e. The molecule has 0 spiro atoms. The van der Waals surface area contributed by atoms with Crippen molar-refractivity contribution in [3.8, 4) is 0 Å². The van der Waals surface area contributed by atoms with Gasteiger partial charge in [-0.15, -0.1) is 0 Å². The van der Waals surface area contributed by atoms with E-state index < -0.39 is 27.8 Å². The zero-order chi connectivity index (χ0) is 9.35. The van der Waals surface area contributed by atoms with E-state index in [9.17, 15) is 18.0 Å². The van der Waals surface area contributed by atoms with Gasteiger partial charge in [0, 0.05) is 6.26 Å². The fourth-order valence-electron chi connectivity index (χ4n) is 0.879. The smallest absolute Gasteiger partial charge is 0.322 e. The van der Waals surface area contributed by atoms with E-state index in [2.05, 4.69) is 5.32 Å². The summed E-state index contributed by atoms with van der Waals surface area (Å²) in [5.41, 5.74) is 0. The maximum absolute atomic E-state index is 10.8. The lowest BCUT2D eigenvalue weighted by Crippen LogP contribution is -2.35. The van der Waals surface area contributed by atoms with Crippen molar-refractivity contribution in [2.75, 3.05) is 12.0 Å². The molecule has 0 bridgehead atoms. The molecule has 1 atom stereocenters. The number of rotatable bonds is 2. The second-order valence-electron chi connectivity index (χ2n) is 2.61. The third kappa shape index (κ3) is 2.19. The van der Waals surface area contributed by atoms with Crippen LogP contribution >= 0.6 is 0 Å². The number of nitrogens with one attached hydrogen (secondary N) is 2. The average Bonchev–Trinajstić information content (AvgIpc) is 2.06. The molecule has 6 nitrogen and oxygen atoms in total. The second kappa shape index (κ2) is 2.74. The van der Waals surface area contributed by atoms with Gasteiger partial charge in [0.15, 0.2) is 0 Å². The molecule has 0 unspecified atom stereocenters. The van der Waals surface area contributed by atoms with Gasteiger partial charge in [-0.1, -0.05) is 0 Å². The largest absolute Gasteiger partial charge is 0.325 e. The Hall–Kier alpha value is -1.11. The lowest BCUT2D eigenvalue weighted by atomic mass is 10.3. The minimum atomic E-state index is -3.24. The fourth-order valence-corrected chi connectivity index (χ4v) is 1.72. The highest BCUT2D eigenvalue weighted by molar-refractivity contribution is 7.90. The van der Waals surface area contributed by atoms with Gasteiger partial charge in [-0.2, -0.15) is 0 Å². The van der Waals surface area contributed by atoms with E-state index in [4.69, 9.17) is 0 Å². The summed E-state index contributed by atoms with van der Waals surface area (Å²) in [7, 11) is -3.24. The first-order valence-electron chi connectivity index (χ1n) is 3.17. The standard InChI is InChI=1S/C5H8N2O4S/c1-12(10,11)2-3-4(8)7-5(9)6-3/h3H,2H2,1H3,(H2,6,7,8,9)/t3-/m1/s1. The fraction of sp³-hybridized carbons (Fsp3) is 0.600. The molecule has 0 aromatic heterocycles. The van der Waals surface area contributed by atoms with Crippen molar-refractivity contribution >= 4 is 21.8 Å². The number of imide groups is 1. The number of carbonyl (C=O) groups excluding carboxylic acids is 2. The highest BCUT2D eigenvalue weighted by Gasteiger charge is 2.31. The van der Waals surface area contributed by atoms with Gasteiger partial charge >= 0.3 is 6.03 Å². The van der Waals surface area contributed by atoms with Crippen LogP contribution in [0.4, 0.5) is 4.79 Å². The van der Waals surface area contributed by atoms with Gasteiger partial charge in [-0.05, 0) is 0 Å². The molecule has 2 N–H and O–H groups in total. The van der Waals surface area contributed by atoms with Crippen LogP contribution in [0, 0.1) is 0 Å². The van der Waals surface area contributed by atoms with E-state index in [0.717, 1.165) is 6.26 Å². The van der Waals surface area contributed by atoms with E-state index >= 15 is 0 Å². The highest BCUT2D eigenvalue weighted by Crippen LogP contribution is 1.96. The molecular formula is C5H8N2O4S. The number of sulfone groups is 1. The first-order valence-corrected chi connectivity index (χ1v) is 5.23. The van der Waals surface area contributed by atoms with Gasteiger partial charge < -0.3 is 5.32 Å². The predicted molar refractivity (Wildman–Crippen MR) is 40.2 cm³/mol. The highest BCUT2D eigenvalue weighted by atomic mass is 32.2. The van der Waals surface area contributed by atoms with Gasteiger partial charge in [0.1, 0.15) is 15.9 Å². The summed E-state index contributed by atoms with van der Waals surface area (Å²) in [5, 5.41) is 4.12. The van der Waals surface area contributed by atoms with Crippen molar-refractivity contribution in [2.24, 2.45) is 0 Å². The van der Waals surface area contributed by atoms with Crippen molar-refractivity contribution in [1.82, 2.24) is 10.6 Å². The lowest BCUT2D eigenvalue weighted by molar-refractivity contribution is -0.119. The van der Waals surface area contributed by atoms with E-state index in [-0.39, 0.29) is 5.75 Å². The average molecular weight is 192 g/mol. The minimum Gasteiger partial charge on any atom is -0.325 e. The van der Waals surface area contributed by atoms with Crippen LogP contribution in [-0.2, 0) is 14.6 Å². The van der Waals surface area contributed by atoms with E-state index in [1.807, 2.05) is 5.32 Å². The molecule has 1 fully saturated rings. The summed E-state index contributed by atoms with van der Waals surface area (Å²) < 4.78 is 21.4. The molecule has 68 valence electrons. The molecule has 0 radical (unpaired) electrons. The Kier molecular flexibility index (Phi) is 2.05. The van der Waals surface area contributed by atoms with Crippen LogP contribution in [0.2, 0.25) is 0 Å². The first-order chi connectivity index (χ1) is 5.38. The molecule has 7 heteroatoms. The third-order valence-electron chi connectivity index (χ3n) is 1.33. The van der Waals surface area contributed by atoms with Crippen LogP contribution in [0.3, 0.4) is 0 Å². The maximum atomic E-state index is 10.8. The monoisotopic (exact) mass is 192 g/mol. The second-order valence-corrected chi connectivity index (χ2v) is 4.79. The Morgan fingerprint density at radius 3 is 2.33 bits per heavy atom. The number of urea groups is 1. The summed E-state index contributed by atoms with van der Waals surface area (Å²) in [4.78, 5) is 21.3. The van der Waals surface area contributed by atoms with Crippen molar-refractivity contribution < 1.29 is 18.0 Å². The summed E-state index contributed by atoms with van der Waals surface area (Å²) in [6.07, 6.45) is 1.00. The Morgan fingerprint density at radius 2 is 2.00 bits per heavy atom. The topological polar surface area (TPSA) is 92.3 Å². The minimum absolute atomic E-state index is 0.357. The quantitative estimate of drug-likeness (QED) is 0.507. The van der Waals surface area contributed by atoms with Crippen molar-refractivity contribution in [2.45, 2.75) is 6.04 Å². The molecule has 1 aliphatic rings. The molecule has 0 aliphatic carbocycles. The van der Waals surface area contributed by atoms with Crippen molar-refractivity contribution in [1.29, 1.82) is 0 Å². The zero-order valence-corrected chi connectivity index (χ0v) is 7.14. The Labute approximate surface area is 69.2 Å². The first kappa shape index (κ1) is 8.98. The molecule has 0 aromatic rings. The van der Waals surface area contributed by atoms with Crippen LogP contribution in [0.25, 0.3) is 0 Å². The lowest BCUT2D eigenvalue weighted by Gasteiger charge is -2.03. The SMILES string of the molecule is CS(=O)(=O)C[C@H]1NC(=O)NC1=O. The molecule has 3 amide bonds. The Balaban J connectivity index is 2.67. The summed E-state index contributed by atoms with van der Waals surface area (Å²) in [5.74, 6) is -0.949. The molecule has 1 rings (SSSR count). The van der Waals surface area contributed by atoms with Crippen LogP contribution in [0.5, 0.6) is 0 Å². The molecular weight excluding hydrogens is 184 g/mol. The molecule has 0 aromatic carbocycles. The Bertz CT molecular complexity index is 320. The van der Waals surface area contributed by atoms with E-state index in [1.165, 1.54) is 0 Å². The van der Waals surface area contributed by atoms with Crippen LogP contribution in [-0.4, -0.2) is 38.4 Å². The molecule has 12 heavy (non-hydrogen) atoms. The number of hydrogen-bond acceptors (Lipinski definition) is 4. The number of carbonyl (C=O) groups is 2. The van der Waals surface area contributed by atoms with Crippen LogP contribution in [0.1, 0.15) is 0 Å². The van der Waals surface area contributed by atoms with Gasteiger partial charge in [0.2, 0.25) is 0 Å². The molecule has 0 saturated carbocycles. The van der Waals surface area contributed by atoms with Crippen molar-refractivity contribution in [3.05, 3.63) is 0 Å². The molecule has 1 aliphatic heterocycles. The van der Waals surface area contributed by atoms with Crippen LogP contribution in [0.15, 0.2) is 0 Å². The third-order valence-corrected chi connectivity index (χ3v) is 2.27. The van der Waals surface area contributed by atoms with Crippen LogP contribution < -0.4 is 10.6 Å².